The number of pyridine rings is 1. The molecule has 2 N–H and O–H groups in total. The Bertz CT molecular complexity index is 973. The highest BCUT2D eigenvalue weighted by Crippen LogP contribution is 2.23. The van der Waals surface area contributed by atoms with E-state index in [2.05, 4.69) is 31.5 Å². The Morgan fingerprint density at radius 2 is 1.86 bits per heavy atom. The fraction of sp³-hybridized carbons (Fsp3) is 0.0952. The van der Waals surface area contributed by atoms with Gasteiger partial charge in [-0.1, -0.05) is 34.1 Å². The molecular formula is C21H18BrN3O3. The van der Waals surface area contributed by atoms with E-state index in [0.29, 0.717) is 29.4 Å². The molecule has 2 amide bonds. The van der Waals surface area contributed by atoms with Gasteiger partial charge < -0.3 is 15.4 Å². The molecule has 28 heavy (non-hydrogen) atoms. The molecule has 0 spiro atoms. The molecule has 0 unspecified atom stereocenters. The number of nitrogens with one attached hydrogen (secondary N) is 2. The van der Waals surface area contributed by atoms with E-state index in [-0.39, 0.29) is 11.8 Å². The number of carbonyl (C=O) groups is 2. The maximum absolute atomic E-state index is 12.4. The molecule has 0 bridgehead atoms. The third-order valence-electron chi connectivity index (χ3n) is 3.77. The van der Waals surface area contributed by atoms with Gasteiger partial charge in [0.05, 0.1) is 11.9 Å². The van der Waals surface area contributed by atoms with Crippen molar-refractivity contribution < 1.29 is 14.3 Å². The highest BCUT2D eigenvalue weighted by atomic mass is 79.9. The lowest BCUT2D eigenvalue weighted by Gasteiger charge is -2.08. The molecule has 1 heterocycles. The molecule has 0 aliphatic carbocycles. The largest absolute Gasteiger partial charge is 0.439 e. The van der Waals surface area contributed by atoms with Crippen molar-refractivity contribution in [2.75, 3.05) is 5.32 Å². The van der Waals surface area contributed by atoms with Crippen LogP contribution in [0, 0.1) is 0 Å². The second-order valence-electron chi connectivity index (χ2n) is 6.01. The number of amides is 2. The summed E-state index contributed by atoms with van der Waals surface area (Å²) >= 11 is 3.39. The SMILES string of the molecule is CC(=O)NCc1ccc(C(=O)Nc2ccc(Oc3cccc(Br)c3)nc2)cc1. The molecule has 3 aromatic rings. The lowest BCUT2D eigenvalue weighted by atomic mass is 10.1. The van der Waals surface area contributed by atoms with Crippen molar-refractivity contribution in [1.82, 2.24) is 10.3 Å². The summed E-state index contributed by atoms with van der Waals surface area (Å²) in [5.41, 5.74) is 2.00. The van der Waals surface area contributed by atoms with Crippen molar-refractivity contribution in [3.05, 3.63) is 82.5 Å². The highest BCUT2D eigenvalue weighted by molar-refractivity contribution is 9.10. The molecule has 0 atom stereocenters. The fourth-order valence-electron chi connectivity index (χ4n) is 2.37. The zero-order valence-electron chi connectivity index (χ0n) is 15.1. The number of rotatable bonds is 6. The number of hydrogen-bond acceptors (Lipinski definition) is 4. The maximum Gasteiger partial charge on any atom is 0.255 e. The molecule has 0 radical (unpaired) electrons. The standard InChI is InChI=1S/C21H18BrN3O3/c1-14(26)23-12-15-5-7-16(8-6-15)21(27)25-18-9-10-20(24-13-18)28-19-4-2-3-17(22)11-19/h2-11,13H,12H2,1H3,(H,23,26)(H,25,27). The Kier molecular flexibility index (Phi) is 6.39. The van der Waals surface area contributed by atoms with E-state index in [1.807, 2.05) is 24.3 Å². The zero-order valence-corrected chi connectivity index (χ0v) is 16.7. The maximum atomic E-state index is 12.4. The minimum absolute atomic E-state index is 0.0957. The van der Waals surface area contributed by atoms with Crippen LogP contribution in [-0.4, -0.2) is 16.8 Å². The van der Waals surface area contributed by atoms with Gasteiger partial charge in [0.25, 0.3) is 5.91 Å². The average Bonchev–Trinajstić information content (AvgIpc) is 2.68. The molecule has 3 rings (SSSR count). The number of aromatic nitrogens is 1. The van der Waals surface area contributed by atoms with Crippen LogP contribution in [0.15, 0.2) is 71.3 Å². The van der Waals surface area contributed by atoms with E-state index in [4.69, 9.17) is 4.74 Å². The highest BCUT2D eigenvalue weighted by Gasteiger charge is 2.07. The minimum atomic E-state index is -0.242. The normalized spacial score (nSPS) is 10.2. The lowest BCUT2D eigenvalue weighted by molar-refractivity contribution is -0.119. The predicted molar refractivity (Wildman–Crippen MR) is 110 cm³/mol. The summed E-state index contributed by atoms with van der Waals surface area (Å²) in [6.45, 7) is 1.89. The van der Waals surface area contributed by atoms with Crippen LogP contribution in [0.25, 0.3) is 0 Å². The lowest BCUT2D eigenvalue weighted by Crippen LogP contribution is -2.19. The Labute approximate surface area is 171 Å². The van der Waals surface area contributed by atoms with Crippen molar-refractivity contribution in [2.24, 2.45) is 0 Å². The van der Waals surface area contributed by atoms with Crippen LogP contribution >= 0.6 is 15.9 Å². The molecule has 2 aromatic carbocycles. The van der Waals surface area contributed by atoms with E-state index in [9.17, 15) is 9.59 Å². The Hall–Kier alpha value is -3.19. The number of benzene rings is 2. The van der Waals surface area contributed by atoms with E-state index in [0.717, 1.165) is 10.0 Å². The summed E-state index contributed by atoms with van der Waals surface area (Å²) in [6.07, 6.45) is 1.54. The van der Waals surface area contributed by atoms with Gasteiger partial charge in [0.15, 0.2) is 0 Å². The Balaban J connectivity index is 1.58. The van der Waals surface area contributed by atoms with Crippen molar-refractivity contribution in [3.8, 4) is 11.6 Å². The minimum Gasteiger partial charge on any atom is -0.439 e. The monoisotopic (exact) mass is 439 g/mol. The van der Waals surface area contributed by atoms with Gasteiger partial charge in [0.1, 0.15) is 5.75 Å². The summed E-state index contributed by atoms with van der Waals surface area (Å²) < 4.78 is 6.59. The first-order chi connectivity index (χ1) is 13.5. The topological polar surface area (TPSA) is 80.3 Å². The van der Waals surface area contributed by atoms with Crippen LogP contribution in [0.2, 0.25) is 0 Å². The second kappa shape index (κ2) is 9.14. The van der Waals surface area contributed by atoms with Gasteiger partial charge in [0, 0.05) is 29.6 Å². The summed E-state index contributed by atoms with van der Waals surface area (Å²) in [7, 11) is 0. The van der Waals surface area contributed by atoms with Crippen molar-refractivity contribution in [1.29, 1.82) is 0 Å². The van der Waals surface area contributed by atoms with Crippen molar-refractivity contribution in [2.45, 2.75) is 13.5 Å². The second-order valence-corrected chi connectivity index (χ2v) is 6.92. The quantitative estimate of drug-likeness (QED) is 0.591. The molecular weight excluding hydrogens is 422 g/mol. The Morgan fingerprint density at radius 1 is 1.07 bits per heavy atom. The fourth-order valence-corrected chi connectivity index (χ4v) is 2.75. The zero-order chi connectivity index (χ0) is 19.9. The van der Waals surface area contributed by atoms with Crippen LogP contribution in [0.3, 0.4) is 0 Å². The van der Waals surface area contributed by atoms with E-state index in [1.54, 1.807) is 36.4 Å². The number of ether oxygens (including phenoxy) is 1. The number of anilines is 1. The Morgan fingerprint density at radius 3 is 2.50 bits per heavy atom. The third-order valence-corrected chi connectivity index (χ3v) is 4.26. The van der Waals surface area contributed by atoms with E-state index < -0.39 is 0 Å². The number of nitrogens with zero attached hydrogens (tertiary/aromatic N) is 1. The number of halogens is 1. The van der Waals surface area contributed by atoms with Gasteiger partial charge in [-0.2, -0.15) is 0 Å². The summed E-state index contributed by atoms with van der Waals surface area (Å²) in [5.74, 6) is 0.756. The molecule has 0 fully saturated rings. The van der Waals surface area contributed by atoms with Gasteiger partial charge in [-0.05, 0) is 42.0 Å². The van der Waals surface area contributed by atoms with Crippen LogP contribution in [-0.2, 0) is 11.3 Å². The predicted octanol–water partition coefficient (Wildman–Crippen LogP) is 4.52. The van der Waals surface area contributed by atoms with Crippen LogP contribution in [0.5, 0.6) is 11.6 Å². The molecule has 0 saturated carbocycles. The van der Waals surface area contributed by atoms with Crippen LogP contribution < -0.4 is 15.4 Å². The first-order valence-electron chi connectivity index (χ1n) is 8.54. The third kappa shape index (κ3) is 5.65. The van der Waals surface area contributed by atoms with E-state index >= 15 is 0 Å². The van der Waals surface area contributed by atoms with Crippen molar-refractivity contribution >= 4 is 33.4 Å². The van der Waals surface area contributed by atoms with Gasteiger partial charge >= 0.3 is 0 Å². The van der Waals surface area contributed by atoms with Crippen LogP contribution in [0.4, 0.5) is 5.69 Å². The molecule has 142 valence electrons. The van der Waals surface area contributed by atoms with Gasteiger partial charge in [-0.3, -0.25) is 9.59 Å². The summed E-state index contributed by atoms with van der Waals surface area (Å²) in [6, 6.07) is 17.9. The van der Waals surface area contributed by atoms with E-state index in [1.165, 1.54) is 13.1 Å². The first kappa shape index (κ1) is 19.6. The molecule has 1 aromatic heterocycles. The smallest absolute Gasteiger partial charge is 0.255 e. The van der Waals surface area contributed by atoms with Gasteiger partial charge in [-0.25, -0.2) is 4.98 Å². The van der Waals surface area contributed by atoms with Gasteiger partial charge in [0.2, 0.25) is 11.8 Å². The molecule has 6 nitrogen and oxygen atoms in total. The van der Waals surface area contributed by atoms with Crippen LogP contribution in [0.1, 0.15) is 22.8 Å². The molecule has 0 aliphatic heterocycles. The number of hydrogen-bond donors (Lipinski definition) is 2. The molecule has 0 saturated heterocycles. The van der Waals surface area contributed by atoms with Gasteiger partial charge in [-0.15, -0.1) is 0 Å². The molecule has 7 heteroatoms. The molecule has 0 aliphatic rings. The van der Waals surface area contributed by atoms with Crippen molar-refractivity contribution in [3.63, 3.8) is 0 Å². The first-order valence-corrected chi connectivity index (χ1v) is 9.33. The summed E-state index contributed by atoms with van der Waals surface area (Å²) in [4.78, 5) is 27.5. The summed E-state index contributed by atoms with van der Waals surface area (Å²) in [5, 5.41) is 5.51. The average molecular weight is 440 g/mol. The number of carbonyl (C=O) groups excluding carboxylic acids is 2.